The second-order valence-electron chi connectivity index (χ2n) is 4.54. The number of halogens is 1. The van der Waals surface area contributed by atoms with Gasteiger partial charge in [0.05, 0.1) is 17.2 Å². The number of carbonyl (C=O) groups is 1. The molecule has 7 heteroatoms. The first-order valence-electron chi connectivity index (χ1n) is 6.52. The Labute approximate surface area is 120 Å². The molecule has 21 heavy (non-hydrogen) atoms. The average Bonchev–Trinajstić information content (AvgIpc) is 2.46. The summed E-state index contributed by atoms with van der Waals surface area (Å²) < 4.78 is 19.1. The first-order valence-corrected chi connectivity index (χ1v) is 6.52. The number of nitrogens with one attached hydrogen (secondary N) is 1. The minimum absolute atomic E-state index is 0.119. The fourth-order valence-corrected chi connectivity index (χ4v) is 1.90. The summed E-state index contributed by atoms with van der Waals surface area (Å²) in [6.45, 7) is 0.920. The molecule has 2 aromatic rings. The van der Waals surface area contributed by atoms with Crippen molar-refractivity contribution in [3.8, 4) is 0 Å². The molecular formula is C14H16FN3O3. The van der Waals surface area contributed by atoms with Gasteiger partial charge in [0.15, 0.2) is 0 Å². The highest BCUT2D eigenvalue weighted by molar-refractivity contribution is 5.78. The van der Waals surface area contributed by atoms with Gasteiger partial charge in [-0.15, -0.1) is 0 Å². The Morgan fingerprint density at radius 2 is 2.29 bits per heavy atom. The van der Waals surface area contributed by atoms with Crippen molar-refractivity contribution >= 4 is 16.8 Å². The summed E-state index contributed by atoms with van der Waals surface area (Å²) in [4.78, 5) is 27.9. The molecule has 1 aromatic carbocycles. The number of methoxy groups -OCH3 is 1. The number of hydrogen-bond acceptors (Lipinski definition) is 4. The number of fused-ring (bicyclic) bond motifs is 1. The van der Waals surface area contributed by atoms with Crippen LogP contribution in [0.3, 0.4) is 0 Å². The molecule has 0 saturated heterocycles. The first-order chi connectivity index (χ1) is 10.1. The first kappa shape index (κ1) is 15.1. The third kappa shape index (κ3) is 3.85. The molecule has 112 valence electrons. The lowest BCUT2D eigenvalue weighted by atomic mass is 10.2. The number of amides is 1. The molecule has 0 unspecified atom stereocenters. The van der Waals surface area contributed by atoms with Crippen molar-refractivity contribution < 1.29 is 13.9 Å². The standard InChI is InChI=1S/C14H16FN3O3/c1-21-6-2-5-16-13(19)8-18-9-17-12-7-10(15)3-4-11(12)14(18)20/h3-4,7,9H,2,5-6,8H2,1H3,(H,16,19). The van der Waals surface area contributed by atoms with Crippen molar-refractivity contribution in [3.05, 3.63) is 40.7 Å². The summed E-state index contributed by atoms with van der Waals surface area (Å²) in [5, 5.41) is 2.97. The molecule has 0 fully saturated rings. The molecule has 0 radical (unpaired) electrons. The van der Waals surface area contributed by atoms with Gasteiger partial charge in [-0.2, -0.15) is 0 Å². The fraction of sp³-hybridized carbons (Fsp3) is 0.357. The zero-order valence-corrected chi connectivity index (χ0v) is 11.6. The highest BCUT2D eigenvalue weighted by Crippen LogP contribution is 2.08. The fourth-order valence-electron chi connectivity index (χ4n) is 1.90. The number of rotatable bonds is 6. The maximum absolute atomic E-state index is 13.1. The van der Waals surface area contributed by atoms with Crippen LogP contribution in [0.2, 0.25) is 0 Å². The van der Waals surface area contributed by atoms with Gasteiger partial charge in [-0.3, -0.25) is 14.2 Å². The Balaban J connectivity index is 2.09. The smallest absolute Gasteiger partial charge is 0.261 e. The maximum atomic E-state index is 13.1. The SMILES string of the molecule is COCCCNC(=O)Cn1cnc2cc(F)ccc2c1=O. The van der Waals surface area contributed by atoms with E-state index in [-0.39, 0.29) is 28.9 Å². The molecule has 1 heterocycles. The number of benzene rings is 1. The van der Waals surface area contributed by atoms with Crippen LogP contribution in [0.4, 0.5) is 4.39 Å². The molecule has 0 aliphatic rings. The Kier molecular flexibility index (Phi) is 4.99. The third-order valence-electron chi connectivity index (χ3n) is 2.95. The lowest BCUT2D eigenvalue weighted by Crippen LogP contribution is -2.33. The monoisotopic (exact) mass is 293 g/mol. The van der Waals surface area contributed by atoms with E-state index in [0.717, 1.165) is 0 Å². The van der Waals surface area contributed by atoms with E-state index in [2.05, 4.69) is 10.3 Å². The molecule has 1 amide bonds. The van der Waals surface area contributed by atoms with Crippen LogP contribution in [0, 0.1) is 5.82 Å². The van der Waals surface area contributed by atoms with Crippen LogP contribution in [0.5, 0.6) is 0 Å². The summed E-state index contributed by atoms with van der Waals surface area (Å²) in [6, 6.07) is 3.75. The van der Waals surface area contributed by atoms with Crippen LogP contribution in [-0.4, -0.2) is 35.7 Å². The van der Waals surface area contributed by atoms with Crippen LogP contribution in [0.25, 0.3) is 10.9 Å². The van der Waals surface area contributed by atoms with Crippen LogP contribution < -0.4 is 10.9 Å². The van der Waals surface area contributed by atoms with Gasteiger partial charge in [0.1, 0.15) is 12.4 Å². The number of carbonyl (C=O) groups excluding carboxylic acids is 1. The van der Waals surface area contributed by atoms with Gasteiger partial charge in [-0.25, -0.2) is 9.37 Å². The molecule has 0 saturated carbocycles. The average molecular weight is 293 g/mol. The van der Waals surface area contributed by atoms with Gasteiger partial charge in [0.25, 0.3) is 5.56 Å². The Morgan fingerprint density at radius 3 is 3.05 bits per heavy atom. The highest BCUT2D eigenvalue weighted by Gasteiger charge is 2.08. The number of nitrogens with zero attached hydrogens (tertiary/aromatic N) is 2. The van der Waals surface area contributed by atoms with Gasteiger partial charge in [-0.05, 0) is 18.6 Å². The minimum atomic E-state index is -0.456. The Hall–Kier alpha value is -2.28. The van der Waals surface area contributed by atoms with Crippen molar-refractivity contribution in [2.75, 3.05) is 20.3 Å². The number of hydrogen-bond donors (Lipinski definition) is 1. The molecule has 0 atom stereocenters. The van der Waals surface area contributed by atoms with Crippen LogP contribution >= 0.6 is 0 Å². The highest BCUT2D eigenvalue weighted by atomic mass is 19.1. The summed E-state index contributed by atoms with van der Waals surface area (Å²) in [6.07, 6.45) is 1.95. The van der Waals surface area contributed by atoms with Crippen molar-refractivity contribution in [1.82, 2.24) is 14.9 Å². The van der Waals surface area contributed by atoms with E-state index in [9.17, 15) is 14.0 Å². The summed E-state index contributed by atoms with van der Waals surface area (Å²) >= 11 is 0. The van der Waals surface area contributed by atoms with Gasteiger partial charge >= 0.3 is 0 Å². The molecule has 0 aliphatic heterocycles. The van der Waals surface area contributed by atoms with Crippen molar-refractivity contribution in [2.24, 2.45) is 0 Å². The van der Waals surface area contributed by atoms with Gasteiger partial charge in [-0.1, -0.05) is 0 Å². The van der Waals surface area contributed by atoms with Crippen LogP contribution in [0.1, 0.15) is 6.42 Å². The minimum Gasteiger partial charge on any atom is -0.385 e. The zero-order chi connectivity index (χ0) is 15.2. The Bertz CT molecular complexity index is 699. The maximum Gasteiger partial charge on any atom is 0.261 e. The normalized spacial score (nSPS) is 10.8. The van der Waals surface area contributed by atoms with Crippen LogP contribution in [-0.2, 0) is 16.1 Å². The van der Waals surface area contributed by atoms with Crippen molar-refractivity contribution in [1.29, 1.82) is 0 Å². The van der Waals surface area contributed by atoms with E-state index in [1.165, 1.54) is 29.1 Å². The molecule has 6 nitrogen and oxygen atoms in total. The Morgan fingerprint density at radius 1 is 1.48 bits per heavy atom. The lowest BCUT2D eigenvalue weighted by Gasteiger charge is -2.07. The molecule has 0 bridgehead atoms. The van der Waals surface area contributed by atoms with E-state index in [1.54, 1.807) is 7.11 Å². The molecule has 1 aromatic heterocycles. The molecule has 1 N–H and O–H groups in total. The molecule has 0 spiro atoms. The third-order valence-corrected chi connectivity index (χ3v) is 2.95. The summed E-state index contributed by atoms with van der Waals surface area (Å²) in [7, 11) is 1.59. The predicted octanol–water partition coefficient (Wildman–Crippen LogP) is 0.688. The van der Waals surface area contributed by atoms with E-state index in [0.29, 0.717) is 19.6 Å². The number of aromatic nitrogens is 2. The second kappa shape index (κ2) is 6.94. The predicted molar refractivity (Wildman–Crippen MR) is 75.5 cm³/mol. The molecule has 2 rings (SSSR count). The van der Waals surface area contributed by atoms with Gasteiger partial charge in [0.2, 0.25) is 5.91 Å². The largest absolute Gasteiger partial charge is 0.385 e. The molecular weight excluding hydrogens is 277 g/mol. The number of ether oxygens (including phenoxy) is 1. The van der Waals surface area contributed by atoms with E-state index in [1.807, 2.05) is 0 Å². The zero-order valence-electron chi connectivity index (χ0n) is 11.6. The van der Waals surface area contributed by atoms with E-state index < -0.39 is 5.82 Å². The van der Waals surface area contributed by atoms with Crippen molar-refractivity contribution in [3.63, 3.8) is 0 Å². The quantitative estimate of drug-likeness (QED) is 0.795. The second-order valence-corrected chi connectivity index (χ2v) is 4.54. The topological polar surface area (TPSA) is 73.2 Å². The van der Waals surface area contributed by atoms with E-state index >= 15 is 0 Å². The summed E-state index contributed by atoms with van der Waals surface area (Å²) in [5.74, 6) is -0.737. The lowest BCUT2D eigenvalue weighted by molar-refractivity contribution is -0.121. The van der Waals surface area contributed by atoms with Gasteiger partial charge in [0, 0.05) is 26.3 Å². The van der Waals surface area contributed by atoms with E-state index in [4.69, 9.17) is 4.74 Å². The van der Waals surface area contributed by atoms with Crippen LogP contribution in [0.15, 0.2) is 29.3 Å². The summed E-state index contributed by atoms with van der Waals surface area (Å²) in [5.41, 5.74) is -0.0937. The van der Waals surface area contributed by atoms with Crippen molar-refractivity contribution in [2.45, 2.75) is 13.0 Å². The molecule has 0 aliphatic carbocycles. The van der Waals surface area contributed by atoms with Gasteiger partial charge < -0.3 is 10.1 Å².